The Morgan fingerprint density at radius 2 is 1.82 bits per heavy atom. The van der Waals surface area contributed by atoms with E-state index in [-0.39, 0.29) is 22.6 Å². The molecule has 2 aromatic carbocycles. The van der Waals surface area contributed by atoms with E-state index in [0.717, 1.165) is 37.5 Å². The molecule has 0 aromatic heterocycles. The molecule has 4 N–H and O–H groups in total. The Labute approximate surface area is 208 Å². The van der Waals surface area contributed by atoms with E-state index in [4.69, 9.17) is 33.0 Å². The van der Waals surface area contributed by atoms with Crippen LogP contribution in [0.25, 0.3) is 0 Å². The Balaban J connectivity index is 1.33. The number of rotatable bonds is 8. The molecule has 0 bridgehead atoms. The summed E-state index contributed by atoms with van der Waals surface area (Å²) in [5.74, 6) is -0.981. The van der Waals surface area contributed by atoms with E-state index < -0.39 is 18.7 Å². The first-order valence-electron chi connectivity index (χ1n) is 11.3. The lowest BCUT2D eigenvalue weighted by Gasteiger charge is -2.34. The molecule has 2 heterocycles. The molecule has 0 spiro atoms. The Kier molecular flexibility index (Phi) is 8.06. The van der Waals surface area contributed by atoms with Crippen molar-refractivity contribution in [1.29, 1.82) is 0 Å². The second-order valence-corrected chi connectivity index (χ2v) is 9.72. The van der Waals surface area contributed by atoms with Crippen LogP contribution in [0, 0.1) is 0 Å². The smallest absolute Gasteiger partial charge is 0.341 e. The number of carboxylic acid groups (broad SMARTS) is 1. The summed E-state index contributed by atoms with van der Waals surface area (Å²) in [6, 6.07) is 10.9. The molecule has 2 atom stereocenters. The maximum absolute atomic E-state index is 10.9. The number of aromatic hydroxyl groups is 1. The van der Waals surface area contributed by atoms with Crippen molar-refractivity contribution in [2.24, 2.45) is 0 Å². The highest BCUT2D eigenvalue weighted by Gasteiger charge is 2.35. The molecule has 8 nitrogen and oxygen atoms in total. The fourth-order valence-corrected chi connectivity index (χ4v) is 4.87. The van der Waals surface area contributed by atoms with Gasteiger partial charge in [0.1, 0.15) is 11.5 Å². The molecule has 2 fully saturated rings. The number of aliphatic carboxylic acids is 1. The Hall–Kier alpha value is -2.23. The van der Waals surface area contributed by atoms with Gasteiger partial charge in [-0.15, -0.1) is 0 Å². The number of aliphatic hydroxyl groups excluding tert-OH is 1. The van der Waals surface area contributed by atoms with Crippen LogP contribution in [0.4, 0.5) is 5.69 Å². The highest BCUT2D eigenvalue weighted by Crippen LogP contribution is 2.39. The minimum absolute atomic E-state index is 0.0731. The van der Waals surface area contributed by atoms with Gasteiger partial charge in [-0.05, 0) is 43.6 Å². The normalized spacial score (nSPS) is 21.7. The van der Waals surface area contributed by atoms with Gasteiger partial charge in [-0.25, -0.2) is 4.79 Å². The summed E-state index contributed by atoms with van der Waals surface area (Å²) >= 11 is 12.0. The number of benzene rings is 2. The lowest BCUT2D eigenvalue weighted by molar-refractivity contribution is -0.139. The number of nitrogens with zero attached hydrogens (tertiary/aromatic N) is 2. The summed E-state index contributed by atoms with van der Waals surface area (Å²) in [6.45, 7) is 3.12. The predicted molar refractivity (Wildman–Crippen MR) is 131 cm³/mol. The van der Waals surface area contributed by atoms with Gasteiger partial charge in [0.15, 0.2) is 6.61 Å². The summed E-state index contributed by atoms with van der Waals surface area (Å²) in [5, 5.41) is 34.1. The first-order valence-corrected chi connectivity index (χ1v) is 12.1. The summed E-state index contributed by atoms with van der Waals surface area (Å²) in [4.78, 5) is 15.2. The number of halogens is 2. The molecule has 0 saturated carbocycles. The number of carboxylic acids is 1. The first kappa shape index (κ1) is 24.9. The van der Waals surface area contributed by atoms with E-state index in [1.54, 1.807) is 0 Å². The van der Waals surface area contributed by atoms with Crippen molar-refractivity contribution >= 4 is 34.9 Å². The van der Waals surface area contributed by atoms with Crippen LogP contribution in [-0.2, 0) is 11.3 Å². The van der Waals surface area contributed by atoms with Crippen molar-refractivity contribution in [1.82, 2.24) is 10.2 Å². The van der Waals surface area contributed by atoms with Gasteiger partial charge >= 0.3 is 5.97 Å². The van der Waals surface area contributed by atoms with Crippen LogP contribution in [0.5, 0.6) is 11.5 Å². The molecule has 4 rings (SSSR count). The van der Waals surface area contributed by atoms with E-state index in [0.29, 0.717) is 24.8 Å². The number of phenolic OH excluding ortho intramolecular Hbond substituents is 1. The SMILES string of the molecule is O=C(O)COc1cc(Cl)c(O)cc1N1CC(NC2CCN(Cc3ccc(Cl)cc3)CC2)[C@H](O)C1. The van der Waals surface area contributed by atoms with Crippen LogP contribution in [0.1, 0.15) is 18.4 Å². The zero-order chi connectivity index (χ0) is 24.2. The van der Waals surface area contributed by atoms with Gasteiger partial charge in [0, 0.05) is 42.8 Å². The van der Waals surface area contributed by atoms with Gasteiger partial charge in [0.05, 0.1) is 22.9 Å². The molecule has 2 saturated heterocycles. The largest absolute Gasteiger partial charge is 0.506 e. The fraction of sp³-hybridized carbons (Fsp3) is 0.458. The summed E-state index contributed by atoms with van der Waals surface area (Å²) in [5.41, 5.74) is 1.74. The molecule has 34 heavy (non-hydrogen) atoms. The number of nitrogens with one attached hydrogen (secondary N) is 1. The van der Waals surface area contributed by atoms with Gasteiger partial charge in [-0.2, -0.15) is 0 Å². The molecule has 10 heteroatoms. The van der Waals surface area contributed by atoms with Crippen molar-refractivity contribution in [3.63, 3.8) is 0 Å². The lowest BCUT2D eigenvalue weighted by atomic mass is 10.0. The van der Waals surface area contributed by atoms with Crippen LogP contribution in [0.15, 0.2) is 36.4 Å². The molecule has 0 radical (unpaired) electrons. The maximum atomic E-state index is 10.9. The summed E-state index contributed by atoms with van der Waals surface area (Å²) in [6.07, 6.45) is 1.34. The first-order chi connectivity index (χ1) is 16.3. The van der Waals surface area contributed by atoms with Crippen molar-refractivity contribution < 1.29 is 24.9 Å². The maximum Gasteiger partial charge on any atom is 0.341 e. The highest BCUT2D eigenvalue weighted by atomic mass is 35.5. The number of carbonyl (C=O) groups is 1. The van der Waals surface area contributed by atoms with Crippen LogP contribution in [0.3, 0.4) is 0 Å². The Morgan fingerprint density at radius 1 is 1.12 bits per heavy atom. The lowest BCUT2D eigenvalue weighted by Crippen LogP contribution is -2.49. The average Bonchev–Trinajstić information content (AvgIpc) is 3.17. The highest BCUT2D eigenvalue weighted by molar-refractivity contribution is 6.32. The van der Waals surface area contributed by atoms with E-state index >= 15 is 0 Å². The molecule has 1 unspecified atom stereocenters. The summed E-state index contributed by atoms with van der Waals surface area (Å²) < 4.78 is 5.38. The van der Waals surface area contributed by atoms with Crippen LogP contribution < -0.4 is 15.0 Å². The molecular formula is C24H29Cl2N3O5. The van der Waals surface area contributed by atoms with Gasteiger partial charge in [-0.1, -0.05) is 35.3 Å². The number of hydrogen-bond acceptors (Lipinski definition) is 7. The topological polar surface area (TPSA) is 106 Å². The van der Waals surface area contributed by atoms with Gasteiger partial charge in [0.25, 0.3) is 0 Å². The zero-order valence-electron chi connectivity index (χ0n) is 18.7. The van der Waals surface area contributed by atoms with Crippen LogP contribution >= 0.6 is 23.2 Å². The number of anilines is 1. The molecule has 2 aromatic rings. The molecule has 0 aliphatic carbocycles. The van der Waals surface area contributed by atoms with E-state index in [2.05, 4.69) is 22.3 Å². The standard InChI is InChI=1S/C24H29Cl2N3O5/c25-16-3-1-15(2-4-16)11-28-7-5-17(6-8-28)27-19-12-29(13-22(19)31)20-10-21(30)18(26)9-23(20)34-14-24(32)33/h1-4,9-10,17,19,22,27,30-31H,5-8,11-14H2,(H,32,33)/t19?,22-/m1/s1. The van der Waals surface area contributed by atoms with E-state index in [1.807, 2.05) is 17.0 Å². The number of aliphatic hydroxyl groups is 1. The Bertz CT molecular complexity index is 999. The molecule has 184 valence electrons. The number of ether oxygens (including phenoxy) is 1. The third kappa shape index (κ3) is 6.25. The number of phenols is 1. The Morgan fingerprint density at radius 3 is 2.50 bits per heavy atom. The van der Waals surface area contributed by atoms with Crippen LogP contribution in [-0.4, -0.2) is 77.2 Å². The average molecular weight is 510 g/mol. The van der Waals surface area contributed by atoms with Crippen LogP contribution in [0.2, 0.25) is 10.0 Å². The third-order valence-electron chi connectivity index (χ3n) is 6.37. The number of hydrogen-bond donors (Lipinski definition) is 4. The molecular weight excluding hydrogens is 481 g/mol. The van der Waals surface area contributed by atoms with Crippen molar-refractivity contribution in [2.75, 3.05) is 37.7 Å². The quantitative estimate of drug-likeness (QED) is 0.430. The monoisotopic (exact) mass is 509 g/mol. The number of piperidine rings is 1. The zero-order valence-corrected chi connectivity index (χ0v) is 20.2. The van der Waals surface area contributed by atoms with E-state index in [1.165, 1.54) is 17.7 Å². The predicted octanol–water partition coefficient (Wildman–Crippen LogP) is 2.97. The second-order valence-electron chi connectivity index (χ2n) is 8.88. The fourth-order valence-electron chi connectivity index (χ4n) is 4.59. The molecule has 2 aliphatic rings. The second kappa shape index (κ2) is 11.0. The minimum Gasteiger partial charge on any atom is -0.506 e. The van der Waals surface area contributed by atoms with Gasteiger partial charge in [-0.3, -0.25) is 4.90 Å². The van der Waals surface area contributed by atoms with Crippen molar-refractivity contribution in [3.8, 4) is 11.5 Å². The molecule has 2 aliphatic heterocycles. The summed E-state index contributed by atoms with van der Waals surface area (Å²) in [7, 11) is 0. The van der Waals surface area contributed by atoms with Gasteiger partial charge < -0.3 is 30.3 Å². The number of likely N-dealkylation sites (tertiary alicyclic amines) is 1. The van der Waals surface area contributed by atoms with Gasteiger partial charge in [0.2, 0.25) is 0 Å². The molecule has 0 amide bonds. The van der Waals surface area contributed by atoms with Crippen molar-refractivity contribution in [3.05, 3.63) is 52.0 Å². The minimum atomic E-state index is -1.11. The number of β-amino-alcohol motifs (C(OH)–C–C–N with tert-alkyl or cyclic N) is 1. The van der Waals surface area contributed by atoms with Crippen molar-refractivity contribution in [2.45, 2.75) is 37.6 Å². The third-order valence-corrected chi connectivity index (χ3v) is 6.92. The van der Waals surface area contributed by atoms with E-state index in [9.17, 15) is 15.0 Å².